The summed E-state index contributed by atoms with van der Waals surface area (Å²) in [6, 6.07) is 9.13. The van der Waals surface area contributed by atoms with Crippen LogP contribution in [-0.4, -0.2) is 59.1 Å². The molecule has 128 valence electrons. The minimum absolute atomic E-state index is 0.0794. The lowest BCUT2D eigenvalue weighted by molar-refractivity contribution is -0.0838. The number of rotatable bonds is 4. The van der Waals surface area contributed by atoms with Crippen LogP contribution in [0.3, 0.4) is 0 Å². The Bertz CT molecular complexity index is 678. The van der Waals surface area contributed by atoms with Gasteiger partial charge in [-0.1, -0.05) is 23.4 Å². The molecule has 1 aromatic carbocycles. The zero-order valence-corrected chi connectivity index (χ0v) is 14.2. The Morgan fingerprint density at radius 2 is 2.08 bits per heavy atom. The van der Waals surface area contributed by atoms with Gasteiger partial charge in [-0.3, -0.25) is 4.79 Å². The van der Waals surface area contributed by atoms with Crippen molar-refractivity contribution in [3.63, 3.8) is 0 Å². The molecule has 1 fully saturated rings. The molecule has 0 aliphatic carbocycles. The Hall–Kier alpha value is -2.25. The fourth-order valence-electron chi connectivity index (χ4n) is 2.85. The number of ether oxygens (including phenoxy) is 1. The predicted molar refractivity (Wildman–Crippen MR) is 87.3 cm³/mol. The van der Waals surface area contributed by atoms with E-state index in [0.717, 1.165) is 6.54 Å². The van der Waals surface area contributed by atoms with Crippen molar-refractivity contribution in [1.29, 1.82) is 0 Å². The number of benzene rings is 1. The Balaban J connectivity index is 1.64. The van der Waals surface area contributed by atoms with Crippen LogP contribution < -0.4 is 0 Å². The molecule has 0 unspecified atom stereocenters. The van der Waals surface area contributed by atoms with E-state index >= 15 is 0 Å². The van der Waals surface area contributed by atoms with Crippen LogP contribution in [0, 0.1) is 0 Å². The molecule has 0 spiro atoms. The fourth-order valence-corrected chi connectivity index (χ4v) is 2.85. The molecule has 3 rings (SSSR count). The minimum atomic E-state index is -0.227. The molecule has 0 saturated carbocycles. The quantitative estimate of drug-likeness (QED) is 0.850. The van der Waals surface area contributed by atoms with Gasteiger partial charge in [-0.15, -0.1) is 0 Å². The van der Waals surface area contributed by atoms with Gasteiger partial charge in [0, 0.05) is 25.7 Å². The average molecular weight is 330 g/mol. The SMILES string of the molecule is C[C@@H]1CN(C)C[C@H](c2nc(CN(C)C(=O)c3ccccc3)no2)O1. The summed E-state index contributed by atoms with van der Waals surface area (Å²) in [6.07, 6.45) is -0.110. The molecule has 0 bridgehead atoms. The number of nitrogens with zero attached hydrogens (tertiary/aromatic N) is 4. The molecule has 1 aromatic heterocycles. The molecule has 1 aliphatic rings. The first-order valence-corrected chi connectivity index (χ1v) is 8.00. The van der Waals surface area contributed by atoms with E-state index in [1.807, 2.05) is 32.2 Å². The summed E-state index contributed by atoms with van der Waals surface area (Å²) in [5, 5.41) is 3.98. The maximum absolute atomic E-state index is 12.4. The summed E-state index contributed by atoms with van der Waals surface area (Å²) in [5.41, 5.74) is 0.634. The number of aromatic nitrogens is 2. The lowest BCUT2D eigenvalue weighted by Gasteiger charge is -2.32. The topological polar surface area (TPSA) is 71.7 Å². The van der Waals surface area contributed by atoms with E-state index in [1.165, 1.54) is 0 Å². The van der Waals surface area contributed by atoms with Crippen LogP contribution in [-0.2, 0) is 11.3 Å². The van der Waals surface area contributed by atoms with Gasteiger partial charge in [-0.25, -0.2) is 0 Å². The zero-order valence-electron chi connectivity index (χ0n) is 14.2. The fraction of sp³-hybridized carbons (Fsp3) is 0.471. The van der Waals surface area contributed by atoms with Crippen molar-refractivity contribution in [3.05, 3.63) is 47.6 Å². The van der Waals surface area contributed by atoms with Crippen LogP contribution in [0.5, 0.6) is 0 Å². The summed E-state index contributed by atoms with van der Waals surface area (Å²) < 4.78 is 11.2. The van der Waals surface area contributed by atoms with Crippen molar-refractivity contribution in [1.82, 2.24) is 19.9 Å². The number of amides is 1. The normalized spacial score (nSPS) is 21.6. The monoisotopic (exact) mass is 330 g/mol. The van der Waals surface area contributed by atoms with Crippen LogP contribution in [0.4, 0.5) is 0 Å². The van der Waals surface area contributed by atoms with Gasteiger partial charge in [-0.2, -0.15) is 4.98 Å². The molecule has 1 saturated heterocycles. The summed E-state index contributed by atoms with van der Waals surface area (Å²) in [7, 11) is 3.76. The van der Waals surface area contributed by atoms with Crippen molar-refractivity contribution >= 4 is 5.91 Å². The maximum atomic E-state index is 12.4. The highest BCUT2D eigenvalue weighted by Crippen LogP contribution is 2.23. The largest absolute Gasteiger partial charge is 0.363 e. The first-order chi connectivity index (χ1) is 11.5. The number of hydrogen-bond donors (Lipinski definition) is 0. The second-order valence-corrected chi connectivity index (χ2v) is 6.23. The van der Waals surface area contributed by atoms with Crippen LogP contribution in [0.1, 0.15) is 35.1 Å². The molecule has 0 radical (unpaired) electrons. The van der Waals surface area contributed by atoms with Gasteiger partial charge < -0.3 is 19.1 Å². The molecule has 0 N–H and O–H groups in total. The first kappa shape index (κ1) is 16.6. The molecule has 7 nitrogen and oxygen atoms in total. The zero-order chi connectivity index (χ0) is 17.1. The summed E-state index contributed by atoms with van der Waals surface area (Å²) >= 11 is 0. The van der Waals surface area contributed by atoms with Gasteiger partial charge in [0.15, 0.2) is 5.82 Å². The van der Waals surface area contributed by atoms with Crippen molar-refractivity contribution in [2.24, 2.45) is 0 Å². The highest BCUT2D eigenvalue weighted by molar-refractivity contribution is 5.93. The standard InChI is InChI=1S/C17H22N4O3/c1-12-9-20(2)10-14(23-12)16-18-15(19-24-16)11-21(3)17(22)13-7-5-4-6-8-13/h4-8,12,14H,9-11H2,1-3H3/t12-,14-/m1/s1. The van der Waals surface area contributed by atoms with E-state index in [4.69, 9.17) is 9.26 Å². The predicted octanol–water partition coefficient (Wildman–Crippen LogP) is 1.73. The molecular weight excluding hydrogens is 308 g/mol. The molecule has 1 amide bonds. The van der Waals surface area contributed by atoms with Crippen LogP contribution in [0.25, 0.3) is 0 Å². The Morgan fingerprint density at radius 3 is 2.79 bits per heavy atom. The van der Waals surface area contributed by atoms with Crippen molar-refractivity contribution in [2.75, 3.05) is 27.2 Å². The minimum Gasteiger partial charge on any atom is -0.363 e. The second kappa shape index (κ2) is 7.11. The molecule has 7 heteroatoms. The number of morpholine rings is 1. The van der Waals surface area contributed by atoms with E-state index in [-0.39, 0.29) is 24.7 Å². The lowest BCUT2D eigenvalue weighted by atomic mass is 10.2. The van der Waals surface area contributed by atoms with Crippen LogP contribution in [0.2, 0.25) is 0 Å². The number of likely N-dealkylation sites (N-methyl/N-ethyl adjacent to an activating group) is 1. The van der Waals surface area contributed by atoms with Crippen LogP contribution >= 0.6 is 0 Å². The van der Waals surface area contributed by atoms with E-state index in [0.29, 0.717) is 23.8 Å². The number of hydrogen-bond acceptors (Lipinski definition) is 6. The maximum Gasteiger partial charge on any atom is 0.257 e. The molecule has 2 heterocycles. The van der Waals surface area contributed by atoms with Crippen LogP contribution in [0.15, 0.2) is 34.9 Å². The number of carbonyl (C=O) groups is 1. The van der Waals surface area contributed by atoms with Gasteiger partial charge in [0.25, 0.3) is 11.8 Å². The van der Waals surface area contributed by atoms with Crippen molar-refractivity contribution < 1.29 is 14.1 Å². The summed E-state index contributed by atoms with van der Waals surface area (Å²) in [4.78, 5) is 20.5. The van der Waals surface area contributed by atoms with Gasteiger partial charge in [0.2, 0.25) is 0 Å². The van der Waals surface area contributed by atoms with Crippen molar-refractivity contribution in [2.45, 2.75) is 25.7 Å². The van der Waals surface area contributed by atoms with E-state index in [2.05, 4.69) is 15.0 Å². The third-order valence-corrected chi connectivity index (χ3v) is 3.95. The molecule has 24 heavy (non-hydrogen) atoms. The Labute approximate surface area is 141 Å². The van der Waals surface area contributed by atoms with E-state index in [1.54, 1.807) is 24.1 Å². The third kappa shape index (κ3) is 3.80. The highest BCUT2D eigenvalue weighted by atomic mass is 16.5. The molecule has 1 aliphatic heterocycles. The van der Waals surface area contributed by atoms with Gasteiger partial charge in [0.05, 0.1) is 12.6 Å². The highest BCUT2D eigenvalue weighted by Gasteiger charge is 2.29. The van der Waals surface area contributed by atoms with Crippen molar-refractivity contribution in [3.8, 4) is 0 Å². The van der Waals surface area contributed by atoms with Gasteiger partial charge in [0.1, 0.15) is 6.10 Å². The number of carbonyl (C=O) groups excluding carboxylic acids is 1. The van der Waals surface area contributed by atoms with Gasteiger partial charge >= 0.3 is 0 Å². The van der Waals surface area contributed by atoms with E-state index < -0.39 is 0 Å². The van der Waals surface area contributed by atoms with Gasteiger partial charge in [-0.05, 0) is 26.1 Å². The third-order valence-electron chi connectivity index (χ3n) is 3.95. The Kier molecular flexibility index (Phi) is 4.92. The Morgan fingerprint density at radius 1 is 1.33 bits per heavy atom. The lowest BCUT2D eigenvalue weighted by Crippen LogP contribution is -2.40. The van der Waals surface area contributed by atoms with E-state index in [9.17, 15) is 4.79 Å². The summed E-state index contributed by atoms with van der Waals surface area (Å²) in [5.74, 6) is 0.856. The second-order valence-electron chi connectivity index (χ2n) is 6.23. The smallest absolute Gasteiger partial charge is 0.257 e. The summed E-state index contributed by atoms with van der Waals surface area (Å²) in [6.45, 7) is 3.90. The molecule has 2 atom stereocenters. The molecular formula is C17H22N4O3. The first-order valence-electron chi connectivity index (χ1n) is 8.00. The average Bonchev–Trinajstić information content (AvgIpc) is 3.02. The molecule has 2 aromatic rings.